The van der Waals surface area contributed by atoms with Gasteiger partial charge in [-0.2, -0.15) is 9.97 Å². The van der Waals surface area contributed by atoms with Crippen molar-refractivity contribution in [1.29, 1.82) is 0 Å². The topological polar surface area (TPSA) is 123 Å². The lowest BCUT2D eigenvalue weighted by atomic mass is 9.82. The summed E-state index contributed by atoms with van der Waals surface area (Å²) in [5.74, 6) is 8.12. The largest absolute Gasteiger partial charge is 0.494 e. The highest BCUT2D eigenvalue weighted by atomic mass is 16.5. The smallest absolute Gasteiger partial charge is 0.314 e. The maximum Gasteiger partial charge on any atom is 0.314 e. The fourth-order valence-corrected chi connectivity index (χ4v) is 6.63. The van der Waals surface area contributed by atoms with Crippen molar-refractivity contribution in [2.24, 2.45) is 11.8 Å². The summed E-state index contributed by atoms with van der Waals surface area (Å²) in [5, 5.41) is 1.70. The van der Waals surface area contributed by atoms with Gasteiger partial charge < -0.3 is 18.5 Å². The summed E-state index contributed by atoms with van der Waals surface area (Å²) < 4.78 is 18.0. The van der Waals surface area contributed by atoms with Crippen LogP contribution in [-0.2, 0) is 6.54 Å². The number of anilines is 2. The monoisotopic (exact) mass is 582 g/mol. The molecular formula is C32H38N8O3. The maximum atomic E-state index is 6.69. The van der Waals surface area contributed by atoms with E-state index in [1.807, 2.05) is 31.2 Å². The number of nitrogens with zero attached hydrogens (tertiary/aromatic N) is 7. The highest BCUT2D eigenvalue weighted by Gasteiger charge is 2.40. The fourth-order valence-electron chi connectivity index (χ4n) is 6.63. The van der Waals surface area contributed by atoms with Crippen molar-refractivity contribution in [2.75, 3.05) is 36.1 Å². The molecule has 11 heteroatoms. The summed E-state index contributed by atoms with van der Waals surface area (Å²) in [4.78, 5) is 23.0. The van der Waals surface area contributed by atoms with Crippen molar-refractivity contribution >= 4 is 34.5 Å². The number of piperidine rings is 2. The molecule has 0 radical (unpaired) electrons. The lowest BCUT2D eigenvalue weighted by Crippen LogP contribution is -2.56. The molecule has 2 fully saturated rings. The van der Waals surface area contributed by atoms with Crippen molar-refractivity contribution in [3.8, 4) is 5.75 Å². The molecule has 1 aromatic carbocycles. The Morgan fingerprint density at radius 3 is 2.42 bits per heavy atom. The third kappa shape index (κ3) is 5.62. The van der Waals surface area contributed by atoms with Crippen LogP contribution >= 0.6 is 0 Å². The molecule has 0 aliphatic carbocycles. The maximum absolute atomic E-state index is 6.69. The quantitative estimate of drug-likeness (QED) is 0.194. The Kier molecular flexibility index (Phi) is 7.58. The second kappa shape index (κ2) is 11.8. The molecule has 7 rings (SSSR count). The number of pyridine rings is 2. The van der Waals surface area contributed by atoms with E-state index in [2.05, 4.69) is 49.9 Å². The molecular weight excluding hydrogens is 544 g/mol. The summed E-state index contributed by atoms with van der Waals surface area (Å²) >= 11 is 0. The van der Waals surface area contributed by atoms with Gasteiger partial charge in [-0.05, 0) is 100.0 Å². The number of hydrogen-bond donors (Lipinski definition) is 1. The van der Waals surface area contributed by atoms with Crippen molar-refractivity contribution in [3.63, 3.8) is 0 Å². The molecule has 2 aliphatic rings. The Hall–Kier alpha value is -4.22. The fraction of sp³-hybridized carbons (Fsp3) is 0.438. The van der Waals surface area contributed by atoms with E-state index < -0.39 is 0 Å². The van der Waals surface area contributed by atoms with Crippen LogP contribution in [0.25, 0.3) is 22.5 Å². The van der Waals surface area contributed by atoms with E-state index in [-0.39, 0.29) is 12.1 Å². The molecule has 5 aromatic rings. The van der Waals surface area contributed by atoms with Crippen LogP contribution in [0.15, 0.2) is 63.7 Å². The van der Waals surface area contributed by atoms with E-state index in [9.17, 15) is 0 Å². The summed E-state index contributed by atoms with van der Waals surface area (Å²) in [6, 6.07) is 15.4. The average Bonchev–Trinajstić information content (AvgIpc) is 3.67. The van der Waals surface area contributed by atoms with Gasteiger partial charge in [-0.25, -0.2) is 15.8 Å². The molecule has 2 aliphatic heterocycles. The standard InChI is InChI=1S/C32H38N8O3/c1-3-41-28-18-22(9-8-21(28)2)20-38-15-10-23(11-16-38)27-19-24(40(33)32-37-26-7-5-14-35-30(26)43-32)12-17-39(27)31-36-25-6-4-13-34-29(25)42-31/h4-9,13-14,18,23-24,27H,3,10-12,15-17,19-20,33H2,1-2H3. The molecule has 0 saturated carbocycles. The van der Waals surface area contributed by atoms with Crippen molar-refractivity contribution < 1.29 is 13.6 Å². The van der Waals surface area contributed by atoms with Gasteiger partial charge in [0.2, 0.25) is 11.4 Å². The number of hydrazine groups is 1. The van der Waals surface area contributed by atoms with Gasteiger partial charge in [-0.15, -0.1) is 0 Å². The summed E-state index contributed by atoms with van der Waals surface area (Å²) in [5.41, 5.74) is 5.01. The first-order valence-corrected chi connectivity index (χ1v) is 15.2. The molecule has 0 spiro atoms. The van der Waals surface area contributed by atoms with Gasteiger partial charge in [-0.3, -0.25) is 9.91 Å². The molecule has 2 unspecified atom stereocenters. The first-order valence-electron chi connectivity index (χ1n) is 15.2. The normalized spacial score (nSPS) is 20.2. The molecule has 2 N–H and O–H groups in total. The number of aromatic nitrogens is 4. The van der Waals surface area contributed by atoms with Crippen molar-refractivity contribution in [3.05, 3.63) is 66.0 Å². The van der Waals surface area contributed by atoms with E-state index >= 15 is 0 Å². The number of rotatable bonds is 8. The molecule has 2 saturated heterocycles. The van der Waals surface area contributed by atoms with Gasteiger partial charge >= 0.3 is 6.01 Å². The zero-order valence-corrected chi connectivity index (χ0v) is 24.7. The van der Waals surface area contributed by atoms with Gasteiger partial charge in [-0.1, -0.05) is 12.1 Å². The molecule has 6 heterocycles. The summed E-state index contributed by atoms with van der Waals surface area (Å²) in [7, 11) is 0. The zero-order valence-electron chi connectivity index (χ0n) is 24.7. The molecule has 224 valence electrons. The Labute approximate surface area is 250 Å². The van der Waals surface area contributed by atoms with E-state index in [0.717, 1.165) is 63.1 Å². The molecule has 2 atom stereocenters. The van der Waals surface area contributed by atoms with Gasteiger partial charge in [0.05, 0.1) is 12.6 Å². The Morgan fingerprint density at radius 2 is 1.70 bits per heavy atom. The van der Waals surface area contributed by atoms with Crippen molar-refractivity contribution in [1.82, 2.24) is 24.8 Å². The third-order valence-corrected chi connectivity index (χ3v) is 8.92. The van der Waals surface area contributed by atoms with Crippen LogP contribution in [0.1, 0.15) is 43.7 Å². The van der Waals surface area contributed by atoms with Gasteiger partial charge in [0, 0.05) is 31.5 Å². The number of benzene rings is 1. The SMILES string of the molecule is CCOc1cc(CN2CCC(C3CC(N(N)c4nc5cccnc5o4)CCN3c3nc4cccnc4o3)CC2)ccc1C. The number of nitrogens with two attached hydrogens (primary N) is 1. The minimum Gasteiger partial charge on any atom is -0.494 e. The van der Waals surface area contributed by atoms with Gasteiger partial charge in [0.1, 0.15) is 16.8 Å². The highest BCUT2D eigenvalue weighted by molar-refractivity contribution is 5.70. The molecule has 4 aromatic heterocycles. The number of fused-ring (bicyclic) bond motifs is 2. The van der Waals surface area contributed by atoms with Gasteiger partial charge in [0.15, 0.2) is 0 Å². The van der Waals surface area contributed by atoms with Crippen LogP contribution in [0.5, 0.6) is 5.75 Å². The van der Waals surface area contributed by atoms with E-state index in [0.29, 0.717) is 41.5 Å². The highest BCUT2D eigenvalue weighted by Crippen LogP contribution is 2.37. The molecule has 43 heavy (non-hydrogen) atoms. The van der Waals surface area contributed by atoms with Crippen LogP contribution in [0.2, 0.25) is 0 Å². The Bertz CT molecular complexity index is 1630. The van der Waals surface area contributed by atoms with Crippen LogP contribution in [0, 0.1) is 12.8 Å². The average molecular weight is 583 g/mol. The second-order valence-corrected chi connectivity index (χ2v) is 11.6. The molecule has 0 amide bonds. The first kappa shape index (κ1) is 27.6. The van der Waals surface area contributed by atoms with Gasteiger partial charge in [0.25, 0.3) is 6.01 Å². The predicted octanol–water partition coefficient (Wildman–Crippen LogP) is 5.10. The molecule has 0 bridgehead atoms. The van der Waals surface area contributed by atoms with E-state index in [1.54, 1.807) is 17.4 Å². The Morgan fingerprint density at radius 1 is 0.953 bits per heavy atom. The molecule has 11 nitrogen and oxygen atoms in total. The van der Waals surface area contributed by atoms with E-state index in [1.165, 1.54) is 11.1 Å². The third-order valence-electron chi connectivity index (χ3n) is 8.92. The number of ether oxygens (including phenoxy) is 1. The zero-order chi connectivity index (χ0) is 29.3. The predicted molar refractivity (Wildman–Crippen MR) is 165 cm³/mol. The number of likely N-dealkylation sites (tertiary alicyclic amines) is 1. The van der Waals surface area contributed by atoms with Crippen LogP contribution in [0.4, 0.5) is 12.0 Å². The minimum absolute atomic E-state index is 0.0550. The summed E-state index contributed by atoms with van der Waals surface area (Å²) in [6.45, 7) is 8.53. The van der Waals surface area contributed by atoms with Crippen molar-refractivity contribution in [2.45, 2.75) is 58.2 Å². The number of hydrogen-bond acceptors (Lipinski definition) is 11. The lowest BCUT2D eigenvalue weighted by molar-refractivity contribution is 0.146. The van der Waals surface area contributed by atoms with E-state index in [4.69, 9.17) is 24.4 Å². The van der Waals surface area contributed by atoms with Crippen LogP contribution in [0.3, 0.4) is 0 Å². The Balaban J connectivity index is 1.09. The lowest BCUT2D eigenvalue weighted by Gasteiger charge is -2.46. The second-order valence-electron chi connectivity index (χ2n) is 11.6. The first-order chi connectivity index (χ1) is 21.1. The van der Waals surface area contributed by atoms with Crippen LogP contribution in [-0.4, -0.2) is 63.2 Å². The van der Waals surface area contributed by atoms with Crippen LogP contribution < -0.4 is 20.5 Å². The minimum atomic E-state index is 0.0550. The number of oxazole rings is 2. The number of aryl methyl sites for hydroxylation is 1. The summed E-state index contributed by atoms with van der Waals surface area (Å²) in [6.07, 6.45) is 7.26.